The summed E-state index contributed by atoms with van der Waals surface area (Å²) in [5.41, 5.74) is 1.32. The molecule has 1 aromatic heterocycles. The molecule has 0 radical (unpaired) electrons. The molecule has 3 nitrogen and oxygen atoms in total. The summed E-state index contributed by atoms with van der Waals surface area (Å²) in [6.07, 6.45) is 4.23. The monoisotopic (exact) mass is 326 g/mol. The highest BCUT2D eigenvalue weighted by Gasteiger charge is 2.41. The van der Waals surface area contributed by atoms with Crippen LogP contribution >= 0.6 is 15.9 Å². The van der Waals surface area contributed by atoms with Gasteiger partial charge in [0.15, 0.2) is 0 Å². The summed E-state index contributed by atoms with van der Waals surface area (Å²) in [6, 6.07) is 4.67. The lowest BCUT2D eigenvalue weighted by molar-refractivity contribution is 0.0616. The fourth-order valence-electron chi connectivity index (χ4n) is 2.62. The van der Waals surface area contributed by atoms with Gasteiger partial charge in [-0.15, -0.1) is 0 Å². The van der Waals surface area contributed by atoms with Gasteiger partial charge in [-0.2, -0.15) is 0 Å². The fourth-order valence-corrected chi connectivity index (χ4v) is 2.86. The van der Waals surface area contributed by atoms with Gasteiger partial charge >= 0.3 is 0 Å². The Bertz CT molecular complexity index is 407. The van der Waals surface area contributed by atoms with Gasteiger partial charge < -0.3 is 10.1 Å². The average Bonchev–Trinajstić information content (AvgIpc) is 2.72. The summed E-state index contributed by atoms with van der Waals surface area (Å²) in [5.74, 6) is 0. The predicted molar refractivity (Wildman–Crippen MR) is 81.2 cm³/mol. The van der Waals surface area contributed by atoms with Crippen LogP contribution in [0.2, 0.25) is 0 Å². The Hall–Kier alpha value is -0.450. The maximum atomic E-state index is 5.82. The second kappa shape index (κ2) is 6.33. The van der Waals surface area contributed by atoms with Crippen molar-refractivity contribution in [3.05, 3.63) is 28.5 Å². The van der Waals surface area contributed by atoms with Gasteiger partial charge in [-0.05, 0) is 47.8 Å². The Morgan fingerprint density at radius 1 is 1.53 bits per heavy atom. The van der Waals surface area contributed by atoms with Crippen LogP contribution in [0.1, 0.15) is 32.9 Å². The second-order valence-corrected chi connectivity index (χ2v) is 6.72. The zero-order chi connectivity index (χ0) is 13.9. The Balaban J connectivity index is 2.11. The minimum Gasteiger partial charge on any atom is -0.378 e. The van der Waals surface area contributed by atoms with E-state index in [0.29, 0.717) is 6.04 Å². The van der Waals surface area contributed by atoms with Crippen LogP contribution < -0.4 is 5.32 Å². The van der Waals surface area contributed by atoms with Crippen LogP contribution in [0, 0.1) is 5.41 Å². The van der Waals surface area contributed by atoms with Gasteiger partial charge in [-0.25, -0.2) is 0 Å². The summed E-state index contributed by atoms with van der Waals surface area (Å²) in [4.78, 5) is 4.52. The molecule has 19 heavy (non-hydrogen) atoms. The number of pyridine rings is 1. The normalized spacial score (nSPS) is 27.1. The molecule has 0 bridgehead atoms. The average molecular weight is 327 g/mol. The van der Waals surface area contributed by atoms with E-state index in [9.17, 15) is 0 Å². The Kier molecular flexibility index (Phi) is 4.98. The van der Waals surface area contributed by atoms with Crippen molar-refractivity contribution in [2.75, 3.05) is 13.2 Å². The highest BCUT2D eigenvalue weighted by Crippen LogP contribution is 2.37. The molecule has 2 atom stereocenters. The molecule has 1 aliphatic heterocycles. The van der Waals surface area contributed by atoms with Gasteiger partial charge in [-0.3, -0.25) is 4.98 Å². The molecule has 0 amide bonds. The third kappa shape index (κ3) is 3.77. The minimum absolute atomic E-state index is 0.172. The number of rotatable bonds is 5. The first kappa shape index (κ1) is 14.9. The first-order chi connectivity index (χ1) is 9.02. The lowest BCUT2D eigenvalue weighted by Crippen LogP contribution is -2.43. The van der Waals surface area contributed by atoms with E-state index in [1.165, 1.54) is 0 Å². The van der Waals surface area contributed by atoms with Gasteiger partial charge in [-0.1, -0.05) is 13.8 Å². The third-order valence-corrected chi connectivity index (χ3v) is 4.48. The van der Waals surface area contributed by atoms with Crippen molar-refractivity contribution in [1.29, 1.82) is 0 Å². The molecule has 1 saturated heterocycles. The van der Waals surface area contributed by atoms with Crippen molar-refractivity contribution in [1.82, 2.24) is 10.3 Å². The molecular formula is C15H23BrN2O. The molecule has 0 spiro atoms. The largest absolute Gasteiger partial charge is 0.378 e. The standard InChI is InChI=1S/C15H23BrN2O/c1-11(2)18-10-15(6-7-19-12(15)3)8-14-5-4-13(16)9-17-14/h4-5,9,11-12,18H,6-8,10H2,1-3H3. The second-order valence-electron chi connectivity index (χ2n) is 5.81. The SMILES string of the molecule is CC(C)NCC1(Cc2ccc(Br)cn2)CCOC1C. The molecular weight excluding hydrogens is 304 g/mol. The molecule has 4 heteroatoms. The van der Waals surface area contributed by atoms with Gasteiger partial charge in [0.2, 0.25) is 0 Å². The number of nitrogens with zero attached hydrogens (tertiary/aromatic N) is 1. The van der Waals surface area contributed by atoms with E-state index in [2.05, 4.69) is 59.1 Å². The van der Waals surface area contributed by atoms with E-state index in [0.717, 1.165) is 36.2 Å². The number of halogens is 1. The summed E-state index contributed by atoms with van der Waals surface area (Å²) in [7, 11) is 0. The third-order valence-electron chi connectivity index (χ3n) is 4.01. The van der Waals surface area contributed by atoms with Gasteiger partial charge in [0.25, 0.3) is 0 Å². The molecule has 2 rings (SSSR count). The molecule has 2 unspecified atom stereocenters. The molecule has 1 aromatic rings. The summed E-state index contributed by atoms with van der Waals surface area (Å²) >= 11 is 3.43. The molecule has 0 aromatic carbocycles. The summed E-state index contributed by atoms with van der Waals surface area (Å²) in [5, 5.41) is 3.57. The fraction of sp³-hybridized carbons (Fsp3) is 0.667. The van der Waals surface area contributed by atoms with E-state index in [1.54, 1.807) is 0 Å². The van der Waals surface area contributed by atoms with Crippen LogP contribution in [-0.2, 0) is 11.2 Å². The maximum absolute atomic E-state index is 5.82. The van der Waals surface area contributed by atoms with Crippen molar-refractivity contribution in [2.24, 2.45) is 5.41 Å². The number of hydrogen-bond donors (Lipinski definition) is 1. The zero-order valence-electron chi connectivity index (χ0n) is 11.9. The lowest BCUT2D eigenvalue weighted by atomic mass is 9.77. The number of ether oxygens (including phenoxy) is 1. The minimum atomic E-state index is 0.172. The summed E-state index contributed by atoms with van der Waals surface area (Å²) < 4.78 is 6.85. The first-order valence-corrected chi connectivity index (χ1v) is 7.76. The Labute approximate surface area is 124 Å². The van der Waals surface area contributed by atoms with E-state index >= 15 is 0 Å². The van der Waals surface area contributed by atoms with Crippen molar-refractivity contribution in [3.63, 3.8) is 0 Å². The van der Waals surface area contributed by atoms with Crippen LogP contribution in [-0.4, -0.2) is 30.3 Å². The number of aromatic nitrogens is 1. The highest BCUT2D eigenvalue weighted by atomic mass is 79.9. The van der Waals surface area contributed by atoms with E-state index < -0.39 is 0 Å². The first-order valence-electron chi connectivity index (χ1n) is 6.97. The van der Waals surface area contributed by atoms with Gasteiger partial charge in [0.1, 0.15) is 0 Å². The van der Waals surface area contributed by atoms with Crippen LogP contribution in [0.3, 0.4) is 0 Å². The molecule has 0 saturated carbocycles. The maximum Gasteiger partial charge on any atom is 0.0619 e. The van der Waals surface area contributed by atoms with E-state index in [1.807, 2.05) is 6.20 Å². The molecule has 1 aliphatic rings. The zero-order valence-corrected chi connectivity index (χ0v) is 13.5. The van der Waals surface area contributed by atoms with Crippen LogP contribution in [0.5, 0.6) is 0 Å². The molecule has 1 fully saturated rings. The smallest absolute Gasteiger partial charge is 0.0619 e. The molecule has 0 aliphatic carbocycles. The van der Waals surface area contributed by atoms with E-state index in [-0.39, 0.29) is 11.5 Å². The van der Waals surface area contributed by atoms with Crippen molar-refractivity contribution in [2.45, 2.75) is 45.8 Å². The van der Waals surface area contributed by atoms with E-state index in [4.69, 9.17) is 4.74 Å². The van der Waals surface area contributed by atoms with Crippen LogP contribution in [0.4, 0.5) is 0 Å². The predicted octanol–water partition coefficient (Wildman–Crippen LogP) is 3.18. The highest BCUT2D eigenvalue weighted by molar-refractivity contribution is 9.10. The lowest BCUT2D eigenvalue weighted by Gasteiger charge is -2.33. The van der Waals surface area contributed by atoms with Crippen molar-refractivity contribution in [3.8, 4) is 0 Å². The Morgan fingerprint density at radius 2 is 2.32 bits per heavy atom. The van der Waals surface area contributed by atoms with Crippen molar-refractivity contribution >= 4 is 15.9 Å². The molecule has 1 N–H and O–H groups in total. The quantitative estimate of drug-likeness (QED) is 0.902. The summed E-state index contributed by atoms with van der Waals surface area (Å²) in [6.45, 7) is 8.41. The van der Waals surface area contributed by atoms with Crippen LogP contribution in [0.15, 0.2) is 22.8 Å². The Morgan fingerprint density at radius 3 is 2.84 bits per heavy atom. The van der Waals surface area contributed by atoms with Gasteiger partial charge in [0.05, 0.1) is 6.10 Å². The molecule has 106 valence electrons. The number of nitrogens with one attached hydrogen (secondary N) is 1. The topological polar surface area (TPSA) is 34.2 Å². The molecule has 2 heterocycles. The van der Waals surface area contributed by atoms with Crippen molar-refractivity contribution < 1.29 is 4.74 Å². The van der Waals surface area contributed by atoms with Crippen LogP contribution in [0.25, 0.3) is 0 Å². The number of hydrogen-bond acceptors (Lipinski definition) is 3. The van der Waals surface area contributed by atoms with Gasteiger partial charge in [0, 0.05) is 41.0 Å².